The van der Waals surface area contributed by atoms with Gasteiger partial charge in [0, 0.05) is 51.6 Å². The summed E-state index contributed by atoms with van der Waals surface area (Å²) in [7, 11) is 1.15. The van der Waals surface area contributed by atoms with Gasteiger partial charge in [-0.15, -0.1) is 13.2 Å². The van der Waals surface area contributed by atoms with E-state index in [4.69, 9.17) is 0 Å². The van der Waals surface area contributed by atoms with Crippen LogP contribution >= 0.6 is 0 Å². The number of anilines is 4. The van der Waals surface area contributed by atoms with Gasteiger partial charge in [-0.3, -0.25) is 4.79 Å². The highest BCUT2D eigenvalue weighted by molar-refractivity contribution is 7.89. The van der Waals surface area contributed by atoms with Crippen molar-refractivity contribution in [1.82, 2.24) is 14.3 Å². The van der Waals surface area contributed by atoms with E-state index in [2.05, 4.69) is 20.0 Å². The fourth-order valence-corrected chi connectivity index (χ4v) is 4.91. The molecule has 0 radical (unpaired) electrons. The van der Waals surface area contributed by atoms with Crippen LogP contribution in [0.1, 0.15) is 11.1 Å². The number of hydrogen-bond donors (Lipinski definition) is 1. The summed E-state index contributed by atoms with van der Waals surface area (Å²) in [6.45, 7) is 0. The number of ketones is 1. The molecule has 9 nitrogen and oxygen atoms in total. The Morgan fingerprint density at radius 3 is 2.12 bits per heavy atom. The zero-order valence-corrected chi connectivity index (χ0v) is 23.8. The highest BCUT2D eigenvalue weighted by atomic mass is 32.2. The summed E-state index contributed by atoms with van der Waals surface area (Å²) in [6.07, 6.45) is -2.95. The number of nitrogens with zero attached hydrogens (tertiary/aromatic N) is 4. The summed E-state index contributed by atoms with van der Waals surface area (Å²) in [5, 5.41) is 3.04. The van der Waals surface area contributed by atoms with Gasteiger partial charge in [0.25, 0.3) is 0 Å². The number of benzene rings is 3. The second kappa shape index (κ2) is 12.6. The number of nitrogens with one attached hydrogen (secondary N) is 1. The van der Waals surface area contributed by atoms with Crippen molar-refractivity contribution in [3.8, 4) is 5.75 Å². The molecule has 0 saturated carbocycles. The normalized spacial score (nSPS) is 11.8. The third-order valence-electron chi connectivity index (χ3n) is 6.14. The average molecular weight is 600 g/mol. The van der Waals surface area contributed by atoms with E-state index in [1.54, 1.807) is 24.4 Å². The van der Waals surface area contributed by atoms with Crippen LogP contribution in [0.25, 0.3) is 0 Å². The van der Waals surface area contributed by atoms with Crippen LogP contribution in [-0.2, 0) is 27.7 Å². The Morgan fingerprint density at radius 1 is 0.905 bits per heavy atom. The first-order chi connectivity index (χ1) is 19.8. The van der Waals surface area contributed by atoms with E-state index >= 15 is 0 Å². The lowest BCUT2D eigenvalue weighted by molar-refractivity contribution is -0.274. The molecule has 13 heteroatoms. The Hall–Kier alpha value is -4.49. The highest BCUT2D eigenvalue weighted by Crippen LogP contribution is 2.26. The van der Waals surface area contributed by atoms with Gasteiger partial charge >= 0.3 is 6.36 Å². The van der Waals surface area contributed by atoms with Crippen molar-refractivity contribution in [2.24, 2.45) is 0 Å². The predicted octanol–water partition coefficient (Wildman–Crippen LogP) is 5.49. The van der Waals surface area contributed by atoms with E-state index in [9.17, 15) is 26.4 Å². The molecule has 1 aromatic heterocycles. The van der Waals surface area contributed by atoms with Crippen LogP contribution in [0.15, 0.2) is 90.0 Å². The molecule has 3 aromatic carbocycles. The van der Waals surface area contributed by atoms with Crippen molar-refractivity contribution < 1.29 is 31.1 Å². The van der Waals surface area contributed by atoms with Gasteiger partial charge in [-0.05, 0) is 59.7 Å². The molecule has 1 heterocycles. The van der Waals surface area contributed by atoms with Gasteiger partial charge in [0.2, 0.25) is 16.0 Å². The maximum absolute atomic E-state index is 12.6. The van der Waals surface area contributed by atoms with E-state index in [0.29, 0.717) is 17.1 Å². The van der Waals surface area contributed by atoms with E-state index < -0.39 is 16.4 Å². The fraction of sp³-hybridized carbons (Fsp3) is 0.207. The van der Waals surface area contributed by atoms with Crippen molar-refractivity contribution in [2.75, 3.05) is 31.4 Å². The van der Waals surface area contributed by atoms with E-state index in [1.807, 2.05) is 36.2 Å². The number of aromatic nitrogens is 2. The van der Waals surface area contributed by atoms with Gasteiger partial charge in [-0.2, -0.15) is 4.98 Å². The molecule has 0 atom stereocenters. The molecule has 0 aliphatic heterocycles. The largest absolute Gasteiger partial charge is 0.573 e. The predicted molar refractivity (Wildman–Crippen MR) is 153 cm³/mol. The van der Waals surface area contributed by atoms with Crippen molar-refractivity contribution in [1.29, 1.82) is 0 Å². The number of hydrogen-bond acceptors (Lipinski definition) is 8. The zero-order valence-electron chi connectivity index (χ0n) is 23.0. The molecule has 4 rings (SSSR count). The van der Waals surface area contributed by atoms with Gasteiger partial charge in [0.1, 0.15) is 17.4 Å². The van der Waals surface area contributed by atoms with E-state index in [1.165, 1.54) is 50.5 Å². The fourth-order valence-electron chi connectivity index (χ4n) is 3.97. The Balaban J connectivity index is 1.38. The Bertz CT molecular complexity index is 1650. The van der Waals surface area contributed by atoms with Crippen LogP contribution in [0.4, 0.5) is 36.3 Å². The molecule has 0 unspecified atom stereocenters. The summed E-state index contributed by atoms with van der Waals surface area (Å²) in [5.41, 5.74) is 2.68. The number of rotatable bonds is 11. The maximum atomic E-state index is 12.6. The monoisotopic (exact) mass is 599 g/mol. The molecular formula is C29H28F3N5O4S. The smallest absolute Gasteiger partial charge is 0.406 e. The first-order valence-corrected chi connectivity index (χ1v) is 14.1. The third kappa shape index (κ3) is 8.04. The third-order valence-corrected chi connectivity index (χ3v) is 7.95. The molecule has 0 amide bonds. The molecule has 0 saturated heterocycles. The van der Waals surface area contributed by atoms with Crippen LogP contribution in [0.5, 0.6) is 5.75 Å². The molecule has 0 aliphatic rings. The highest BCUT2D eigenvalue weighted by Gasteiger charge is 2.31. The molecule has 4 aromatic rings. The Morgan fingerprint density at radius 2 is 1.52 bits per heavy atom. The van der Waals surface area contributed by atoms with Gasteiger partial charge in [-0.25, -0.2) is 17.7 Å². The summed E-state index contributed by atoms with van der Waals surface area (Å²) < 4.78 is 66.9. The topological polar surface area (TPSA) is 105 Å². The van der Waals surface area contributed by atoms with Gasteiger partial charge in [-0.1, -0.05) is 30.3 Å². The van der Waals surface area contributed by atoms with Crippen molar-refractivity contribution in [3.63, 3.8) is 0 Å². The molecule has 0 fully saturated rings. The molecule has 220 valence electrons. The molecule has 1 N–H and O–H groups in total. The minimum absolute atomic E-state index is 0.0780. The molecule has 0 bridgehead atoms. The molecule has 0 aliphatic carbocycles. The van der Waals surface area contributed by atoms with Crippen LogP contribution in [0.3, 0.4) is 0 Å². The molecular weight excluding hydrogens is 571 g/mol. The second-order valence-electron chi connectivity index (χ2n) is 9.49. The standard InChI is InChI=1S/C29H28F3N5O4S/c1-36(2)42(39,40)26-6-4-5-22(19-26)34-28-33-16-15-27(35-28)37(3)23-11-7-20(8-12-23)17-24(38)18-21-9-13-25(14-10-21)41-29(30,31)32/h4-16,19H,17-18H2,1-3H3,(H,33,34,35). The van der Waals surface area contributed by atoms with Gasteiger partial charge in [0.05, 0.1) is 4.90 Å². The number of halogens is 3. The maximum Gasteiger partial charge on any atom is 0.573 e. The summed E-state index contributed by atoms with van der Waals surface area (Å²) in [4.78, 5) is 23.3. The lowest BCUT2D eigenvalue weighted by atomic mass is 10.0. The van der Waals surface area contributed by atoms with Crippen LogP contribution in [0, 0.1) is 0 Å². The number of Topliss-reactive ketones (excluding diaryl/α,β-unsaturated/α-hetero) is 1. The summed E-state index contributed by atoms with van der Waals surface area (Å²) in [6, 6.07) is 20.6. The first kappa shape index (κ1) is 30.5. The van der Waals surface area contributed by atoms with Crippen LogP contribution in [0.2, 0.25) is 0 Å². The molecule has 42 heavy (non-hydrogen) atoms. The number of sulfonamides is 1. The minimum Gasteiger partial charge on any atom is -0.406 e. The SMILES string of the molecule is CN(c1ccc(CC(=O)Cc2ccc(OC(F)(F)F)cc2)cc1)c1ccnc(Nc2cccc(S(=O)(=O)N(C)C)c2)n1. The Kier molecular flexibility index (Phi) is 9.12. The summed E-state index contributed by atoms with van der Waals surface area (Å²) >= 11 is 0. The van der Waals surface area contributed by atoms with Crippen LogP contribution in [-0.4, -0.2) is 56.0 Å². The number of carbonyl (C=O) groups excluding carboxylic acids is 1. The first-order valence-electron chi connectivity index (χ1n) is 12.6. The second-order valence-corrected chi connectivity index (χ2v) is 11.6. The van der Waals surface area contributed by atoms with Gasteiger partial charge < -0.3 is 15.0 Å². The van der Waals surface area contributed by atoms with Gasteiger partial charge in [0.15, 0.2) is 0 Å². The lowest BCUT2D eigenvalue weighted by Crippen LogP contribution is -2.22. The quantitative estimate of drug-likeness (QED) is 0.241. The number of ether oxygens (including phenoxy) is 1. The summed E-state index contributed by atoms with van der Waals surface area (Å²) in [5.74, 6) is 0.425. The average Bonchev–Trinajstić information content (AvgIpc) is 2.93. The number of carbonyl (C=O) groups is 1. The lowest BCUT2D eigenvalue weighted by Gasteiger charge is -2.19. The molecule has 0 spiro atoms. The van der Waals surface area contributed by atoms with E-state index in [-0.39, 0.29) is 35.2 Å². The van der Waals surface area contributed by atoms with Crippen molar-refractivity contribution in [3.05, 3.63) is 96.2 Å². The zero-order chi connectivity index (χ0) is 30.5. The number of alkyl halides is 3. The van der Waals surface area contributed by atoms with E-state index in [0.717, 1.165) is 15.6 Å². The minimum atomic E-state index is -4.77. The van der Waals surface area contributed by atoms with Crippen molar-refractivity contribution >= 4 is 38.9 Å². The van der Waals surface area contributed by atoms with Crippen LogP contribution < -0.4 is 15.0 Å². The Labute approximate surface area is 241 Å². The van der Waals surface area contributed by atoms with Crippen molar-refractivity contribution in [2.45, 2.75) is 24.1 Å².